The molecule has 1 saturated heterocycles. The molecule has 4 heterocycles. The van der Waals surface area contributed by atoms with Gasteiger partial charge in [0.2, 0.25) is 5.88 Å². The number of rotatable bonds is 6. The minimum atomic E-state index is -0.270. The number of ether oxygens (including phenoxy) is 2. The Balaban J connectivity index is 1.39. The van der Waals surface area contributed by atoms with Crippen LogP contribution in [0.3, 0.4) is 0 Å². The highest BCUT2D eigenvalue weighted by Gasteiger charge is 2.19. The number of aromatic nitrogens is 4. The summed E-state index contributed by atoms with van der Waals surface area (Å²) in [4.78, 5) is 16.6. The van der Waals surface area contributed by atoms with Crippen molar-refractivity contribution in [1.82, 2.24) is 25.7 Å². The van der Waals surface area contributed by atoms with E-state index in [0.29, 0.717) is 23.9 Å². The van der Waals surface area contributed by atoms with E-state index in [0.717, 1.165) is 36.3 Å². The lowest BCUT2D eigenvalue weighted by molar-refractivity contribution is 0.0621. The normalized spacial score (nSPS) is 16.3. The van der Waals surface area contributed by atoms with Crippen LogP contribution in [-0.4, -0.2) is 45.5 Å². The predicted molar refractivity (Wildman–Crippen MR) is 107 cm³/mol. The molecule has 9 heteroatoms. The fraction of sp³-hybridized carbons (Fsp3) is 0.381. The Morgan fingerprint density at radius 2 is 2.13 bits per heavy atom. The molecule has 1 atom stereocenters. The van der Waals surface area contributed by atoms with Gasteiger partial charge in [-0.05, 0) is 44.9 Å². The van der Waals surface area contributed by atoms with Crippen LogP contribution in [0.15, 0.2) is 35.0 Å². The van der Waals surface area contributed by atoms with E-state index in [-0.39, 0.29) is 24.2 Å². The third-order valence-corrected chi connectivity index (χ3v) is 4.90. The highest BCUT2D eigenvalue weighted by molar-refractivity contribution is 5.92. The lowest BCUT2D eigenvalue weighted by Gasteiger charge is -2.22. The third-order valence-electron chi connectivity index (χ3n) is 4.90. The lowest BCUT2D eigenvalue weighted by Crippen LogP contribution is -2.40. The molecule has 0 radical (unpaired) electrons. The predicted octanol–water partition coefficient (Wildman–Crippen LogP) is 2.63. The summed E-state index contributed by atoms with van der Waals surface area (Å²) in [5.41, 5.74) is 3.49. The summed E-state index contributed by atoms with van der Waals surface area (Å²) in [6.07, 6.45) is 3.59. The summed E-state index contributed by atoms with van der Waals surface area (Å²) in [5.74, 6) is 0.693. The molecule has 1 N–H and O–H groups in total. The number of amides is 1. The quantitative estimate of drug-likeness (QED) is 0.661. The van der Waals surface area contributed by atoms with E-state index in [4.69, 9.17) is 14.0 Å². The molecule has 0 aliphatic carbocycles. The van der Waals surface area contributed by atoms with Crippen LogP contribution in [0.1, 0.15) is 40.3 Å². The number of nitrogens with one attached hydrogen (secondary N) is 1. The highest BCUT2D eigenvalue weighted by atomic mass is 16.5. The molecule has 0 unspecified atom stereocenters. The number of pyridine rings is 1. The maximum Gasteiger partial charge on any atom is 0.272 e. The van der Waals surface area contributed by atoms with Crippen molar-refractivity contribution in [2.24, 2.45) is 0 Å². The Bertz CT molecular complexity index is 995. The molecule has 30 heavy (non-hydrogen) atoms. The maximum absolute atomic E-state index is 12.3. The summed E-state index contributed by atoms with van der Waals surface area (Å²) in [5, 5.41) is 15.0. The highest BCUT2D eigenvalue weighted by Crippen LogP contribution is 2.26. The van der Waals surface area contributed by atoms with Crippen molar-refractivity contribution in [3.05, 3.63) is 53.2 Å². The number of aryl methyl sites for hydroxylation is 2. The molecule has 0 spiro atoms. The van der Waals surface area contributed by atoms with Crippen LogP contribution in [0.5, 0.6) is 5.88 Å². The van der Waals surface area contributed by atoms with Crippen molar-refractivity contribution in [3.63, 3.8) is 0 Å². The van der Waals surface area contributed by atoms with Crippen molar-refractivity contribution in [2.75, 3.05) is 13.2 Å². The first-order valence-electron chi connectivity index (χ1n) is 9.83. The Kier molecular flexibility index (Phi) is 5.99. The Hall–Kier alpha value is -3.33. The monoisotopic (exact) mass is 409 g/mol. The molecular formula is C21H23N5O4. The van der Waals surface area contributed by atoms with Crippen molar-refractivity contribution in [1.29, 1.82) is 0 Å². The first-order valence-corrected chi connectivity index (χ1v) is 9.83. The van der Waals surface area contributed by atoms with E-state index in [1.165, 1.54) is 0 Å². The molecule has 156 valence electrons. The molecule has 0 bridgehead atoms. The van der Waals surface area contributed by atoms with Gasteiger partial charge in [-0.15, -0.1) is 10.2 Å². The van der Waals surface area contributed by atoms with E-state index in [1.54, 1.807) is 18.3 Å². The average Bonchev–Trinajstić information content (AvgIpc) is 3.14. The van der Waals surface area contributed by atoms with Crippen LogP contribution in [-0.2, 0) is 11.3 Å². The van der Waals surface area contributed by atoms with Gasteiger partial charge >= 0.3 is 0 Å². The van der Waals surface area contributed by atoms with Gasteiger partial charge in [0, 0.05) is 30.1 Å². The number of nitrogens with zero attached hydrogens (tertiary/aromatic N) is 4. The summed E-state index contributed by atoms with van der Waals surface area (Å²) in [6.45, 7) is 5.22. The van der Waals surface area contributed by atoms with Gasteiger partial charge < -0.3 is 19.3 Å². The van der Waals surface area contributed by atoms with Crippen molar-refractivity contribution < 1.29 is 18.8 Å². The van der Waals surface area contributed by atoms with E-state index < -0.39 is 0 Å². The first kappa shape index (κ1) is 20.0. The summed E-state index contributed by atoms with van der Waals surface area (Å²) >= 11 is 0. The molecule has 9 nitrogen and oxygen atoms in total. The van der Waals surface area contributed by atoms with E-state index in [2.05, 4.69) is 25.7 Å². The second kappa shape index (κ2) is 9.00. The second-order valence-electron chi connectivity index (χ2n) is 7.19. The van der Waals surface area contributed by atoms with Crippen LogP contribution in [0.4, 0.5) is 0 Å². The van der Waals surface area contributed by atoms with Gasteiger partial charge in [0.05, 0.1) is 18.2 Å². The van der Waals surface area contributed by atoms with E-state index in [1.807, 2.05) is 26.0 Å². The van der Waals surface area contributed by atoms with E-state index >= 15 is 0 Å². The largest absolute Gasteiger partial charge is 0.472 e. The number of hydrogen-bond donors (Lipinski definition) is 1. The maximum atomic E-state index is 12.3. The smallest absolute Gasteiger partial charge is 0.272 e. The van der Waals surface area contributed by atoms with Crippen molar-refractivity contribution in [2.45, 2.75) is 39.3 Å². The first-order chi connectivity index (χ1) is 14.6. The van der Waals surface area contributed by atoms with Crippen LogP contribution in [0.2, 0.25) is 0 Å². The van der Waals surface area contributed by atoms with Gasteiger partial charge in [0.1, 0.15) is 18.1 Å². The lowest BCUT2D eigenvalue weighted by atomic mass is 10.1. The van der Waals surface area contributed by atoms with Crippen LogP contribution >= 0.6 is 0 Å². The number of carbonyl (C=O) groups is 1. The molecular weight excluding hydrogens is 386 g/mol. The van der Waals surface area contributed by atoms with Gasteiger partial charge in [-0.1, -0.05) is 5.16 Å². The fourth-order valence-corrected chi connectivity index (χ4v) is 3.17. The second-order valence-corrected chi connectivity index (χ2v) is 7.19. The zero-order chi connectivity index (χ0) is 20.9. The minimum Gasteiger partial charge on any atom is -0.472 e. The van der Waals surface area contributed by atoms with E-state index in [9.17, 15) is 4.79 Å². The Morgan fingerprint density at radius 3 is 2.83 bits per heavy atom. The summed E-state index contributed by atoms with van der Waals surface area (Å²) in [6, 6.07) is 7.07. The van der Waals surface area contributed by atoms with Gasteiger partial charge in [-0.3, -0.25) is 9.78 Å². The average molecular weight is 409 g/mol. The van der Waals surface area contributed by atoms with Gasteiger partial charge in [-0.2, -0.15) is 0 Å². The van der Waals surface area contributed by atoms with Crippen LogP contribution < -0.4 is 10.1 Å². The van der Waals surface area contributed by atoms with Gasteiger partial charge in [0.25, 0.3) is 5.91 Å². The van der Waals surface area contributed by atoms with Crippen LogP contribution in [0, 0.1) is 13.8 Å². The molecule has 1 aliphatic heterocycles. The third kappa shape index (κ3) is 4.62. The van der Waals surface area contributed by atoms with Gasteiger partial charge in [0.15, 0.2) is 5.69 Å². The Labute approximate surface area is 173 Å². The SMILES string of the molecule is Cc1ccc(-c2noc(C)c2COc2ccc(C(=O)N[C@H]3CCCOC3)nn2)cn1. The zero-order valence-corrected chi connectivity index (χ0v) is 16.9. The molecule has 1 fully saturated rings. The standard InChI is InChI=1S/C21H23N5O4/c1-13-5-6-15(10-22-13)20-17(14(2)30-26-20)12-29-19-8-7-18(24-25-19)21(27)23-16-4-3-9-28-11-16/h5-8,10,16H,3-4,9,11-12H2,1-2H3,(H,23,27)/t16-/m0/s1. The zero-order valence-electron chi connectivity index (χ0n) is 16.9. The van der Waals surface area contributed by atoms with Crippen molar-refractivity contribution >= 4 is 5.91 Å². The molecule has 1 amide bonds. The molecule has 0 aromatic carbocycles. The van der Waals surface area contributed by atoms with Gasteiger partial charge in [-0.25, -0.2) is 0 Å². The molecule has 3 aromatic rings. The molecule has 3 aromatic heterocycles. The van der Waals surface area contributed by atoms with Crippen LogP contribution in [0.25, 0.3) is 11.3 Å². The summed E-state index contributed by atoms with van der Waals surface area (Å²) in [7, 11) is 0. The minimum absolute atomic E-state index is 0.00947. The Morgan fingerprint density at radius 1 is 1.23 bits per heavy atom. The van der Waals surface area contributed by atoms with Crippen molar-refractivity contribution in [3.8, 4) is 17.1 Å². The fourth-order valence-electron chi connectivity index (χ4n) is 3.17. The summed E-state index contributed by atoms with van der Waals surface area (Å²) < 4.78 is 16.5. The topological polar surface area (TPSA) is 112 Å². The number of carbonyl (C=O) groups excluding carboxylic acids is 1. The number of hydrogen-bond acceptors (Lipinski definition) is 8. The molecule has 4 rings (SSSR count). The molecule has 1 aliphatic rings. The molecule has 0 saturated carbocycles.